The number of nitrogens with zero attached hydrogens (tertiary/aromatic N) is 2. The minimum Gasteiger partial charge on any atom is -0.465 e. The SMILES string of the molecule is Cc1cc(CN2CC3CCCN3C[C@@H]2C)oc1C. The summed E-state index contributed by atoms with van der Waals surface area (Å²) in [5.41, 5.74) is 1.28. The van der Waals surface area contributed by atoms with Gasteiger partial charge in [0, 0.05) is 25.2 Å². The summed E-state index contributed by atoms with van der Waals surface area (Å²) in [5.74, 6) is 2.19. The summed E-state index contributed by atoms with van der Waals surface area (Å²) in [4.78, 5) is 5.25. The van der Waals surface area contributed by atoms with Crippen LogP contribution < -0.4 is 0 Å². The van der Waals surface area contributed by atoms with E-state index in [9.17, 15) is 0 Å². The Hall–Kier alpha value is -0.800. The molecule has 2 atom stereocenters. The third-order valence-corrected chi connectivity index (χ3v) is 4.64. The molecule has 2 aliphatic heterocycles. The van der Waals surface area contributed by atoms with Gasteiger partial charge in [0.25, 0.3) is 0 Å². The van der Waals surface area contributed by atoms with Gasteiger partial charge in [0.1, 0.15) is 11.5 Å². The molecule has 0 aromatic carbocycles. The number of hydrogen-bond acceptors (Lipinski definition) is 3. The number of rotatable bonds is 2. The zero-order chi connectivity index (χ0) is 12.7. The molecule has 2 saturated heterocycles. The monoisotopic (exact) mass is 248 g/mol. The Bertz CT molecular complexity index is 407. The van der Waals surface area contributed by atoms with Crippen molar-refractivity contribution in [3.8, 4) is 0 Å². The maximum atomic E-state index is 5.82. The Kier molecular flexibility index (Phi) is 3.20. The average molecular weight is 248 g/mol. The number of aryl methyl sites for hydroxylation is 2. The Labute approximate surface area is 110 Å². The summed E-state index contributed by atoms with van der Waals surface area (Å²) in [6, 6.07) is 3.63. The molecule has 3 rings (SSSR count). The minimum atomic E-state index is 0.644. The van der Waals surface area contributed by atoms with Crippen LogP contribution in [0.5, 0.6) is 0 Å². The largest absolute Gasteiger partial charge is 0.465 e. The number of hydrogen-bond donors (Lipinski definition) is 0. The van der Waals surface area contributed by atoms with Gasteiger partial charge in [-0.15, -0.1) is 0 Å². The van der Waals surface area contributed by atoms with Crippen molar-refractivity contribution >= 4 is 0 Å². The van der Waals surface area contributed by atoms with Crippen molar-refractivity contribution in [3.05, 3.63) is 23.2 Å². The molecule has 0 aliphatic carbocycles. The molecular formula is C15H24N2O. The average Bonchev–Trinajstić information content (AvgIpc) is 2.87. The van der Waals surface area contributed by atoms with Gasteiger partial charge >= 0.3 is 0 Å². The van der Waals surface area contributed by atoms with Gasteiger partial charge in [-0.2, -0.15) is 0 Å². The molecule has 0 spiro atoms. The highest BCUT2D eigenvalue weighted by molar-refractivity contribution is 5.18. The van der Waals surface area contributed by atoms with Crippen LogP contribution in [0.25, 0.3) is 0 Å². The van der Waals surface area contributed by atoms with E-state index in [1.165, 1.54) is 38.0 Å². The molecule has 1 aromatic rings. The molecule has 2 aliphatic rings. The van der Waals surface area contributed by atoms with Crippen LogP contribution in [-0.4, -0.2) is 41.5 Å². The van der Waals surface area contributed by atoms with Gasteiger partial charge in [-0.25, -0.2) is 0 Å². The van der Waals surface area contributed by atoms with Crippen LogP contribution in [0, 0.1) is 13.8 Å². The van der Waals surface area contributed by atoms with Crippen molar-refractivity contribution in [3.63, 3.8) is 0 Å². The molecule has 3 nitrogen and oxygen atoms in total. The first kappa shape index (κ1) is 12.2. The van der Waals surface area contributed by atoms with Crippen molar-refractivity contribution in [2.75, 3.05) is 19.6 Å². The lowest BCUT2D eigenvalue weighted by Gasteiger charge is -2.41. The Morgan fingerprint density at radius 3 is 2.89 bits per heavy atom. The lowest BCUT2D eigenvalue weighted by molar-refractivity contribution is 0.0492. The van der Waals surface area contributed by atoms with E-state index < -0.39 is 0 Å². The summed E-state index contributed by atoms with van der Waals surface area (Å²) < 4.78 is 5.82. The number of furan rings is 1. The zero-order valence-corrected chi connectivity index (χ0v) is 11.8. The van der Waals surface area contributed by atoms with Crippen molar-refractivity contribution in [2.24, 2.45) is 0 Å². The summed E-state index contributed by atoms with van der Waals surface area (Å²) >= 11 is 0. The van der Waals surface area contributed by atoms with E-state index >= 15 is 0 Å². The normalized spacial score (nSPS) is 29.7. The second-order valence-corrected chi connectivity index (χ2v) is 6.02. The quantitative estimate of drug-likeness (QED) is 0.802. The molecule has 0 radical (unpaired) electrons. The first-order valence-electron chi connectivity index (χ1n) is 7.17. The van der Waals surface area contributed by atoms with E-state index in [-0.39, 0.29) is 0 Å². The molecule has 0 saturated carbocycles. The summed E-state index contributed by atoms with van der Waals surface area (Å²) in [7, 11) is 0. The number of fused-ring (bicyclic) bond motifs is 1. The van der Waals surface area contributed by atoms with Crippen LogP contribution in [0.3, 0.4) is 0 Å². The van der Waals surface area contributed by atoms with Gasteiger partial charge in [-0.3, -0.25) is 9.80 Å². The highest BCUT2D eigenvalue weighted by Gasteiger charge is 2.34. The highest BCUT2D eigenvalue weighted by atomic mass is 16.3. The standard InChI is InChI=1S/C15H24N2O/c1-11-7-15(18-13(11)3)10-17-9-14-5-4-6-16(14)8-12(17)2/h7,12,14H,4-6,8-10H2,1-3H3/t12-,14?/m0/s1. The van der Waals surface area contributed by atoms with Crippen LogP contribution in [0.2, 0.25) is 0 Å². The van der Waals surface area contributed by atoms with Crippen LogP contribution in [-0.2, 0) is 6.54 Å². The molecule has 0 amide bonds. The predicted octanol–water partition coefficient (Wildman–Crippen LogP) is 2.56. The molecule has 1 unspecified atom stereocenters. The molecule has 1 aromatic heterocycles. The first-order valence-corrected chi connectivity index (χ1v) is 7.17. The molecule has 3 heteroatoms. The molecule has 2 fully saturated rings. The van der Waals surface area contributed by atoms with Gasteiger partial charge < -0.3 is 4.42 Å². The third kappa shape index (κ3) is 2.21. The van der Waals surface area contributed by atoms with Gasteiger partial charge in [0.15, 0.2) is 0 Å². The predicted molar refractivity (Wildman–Crippen MR) is 72.6 cm³/mol. The molecule has 18 heavy (non-hydrogen) atoms. The third-order valence-electron chi connectivity index (χ3n) is 4.64. The van der Waals surface area contributed by atoms with Gasteiger partial charge in [-0.1, -0.05) is 0 Å². The lowest BCUT2D eigenvalue weighted by atomic mass is 10.1. The summed E-state index contributed by atoms with van der Waals surface area (Å²) in [6.07, 6.45) is 2.75. The van der Waals surface area contributed by atoms with Crippen LogP contribution in [0.15, 0.2) is 10.5 Å². The van der Waals surface area contributed by atoms with Gasteiger partial charge in [0.05, 0.1) is 6.54 Å². The number of piperazine rings is 1. The molecule has 0 N–H and O–H groups in total. The van der Waals surface area contributed by atoms with Crippen molar-refractivity contribution in [2.45, 2.75) is 52.2 Å². The second-order valence-electron chi connectivity index (χ2n) is 6.02. The fourth-order valence-corrected chi connectivity index (χ4v) is 3.40. The van der Waals surface area contributed by atoms with Gasteiger partial charge in [0.2, 0.25) is 0 Å². The maximum absolute atomic E-state index is 5.82. The molecule has 0 bridgehead atoms. The van der Waals surface area contributed by atoms with Crippen molar-refractivity contribution < 1.29 is 4.42 Å². The van der Waals surface area contributed by atoms with Gasteiger partial charge in [-0.05, 0) is 51.8 Å². The van der Waals surface area contributed by atoms with Crippen LogP contribution in [0.1, 0.15) is 36.8 Å². The van der Waals surface area contributed by atoms with E-state index in [1.807, 2.05) is 0 Å². The fraction of sp³-hybridized carbons (Fsp3) is 0.733. The molecular weight excluding hydrogens is 224 g/mol. The lowest BCUT2D eigenvalue weighted by Crippen LogP contribution is -2.54. The van der Waals surface area contributed by atoms with E-state index in [2.05, 4.69) is 36.6 Å². The van der Waals surface area contributed by atoms with Crippen molar-refractivity contribution in [1.29, 1.82) is 0 Å². The molecule has 3 heterocycles. The highest BCUT2D eigenvalue weighted by Crippen LogP contribution is 2.26. The Morgan fingerprint density at radius 1 is 1.33 bits per heavy atom. The van der Waals surface area contributed by atoms with Crippen LogP contribution >= 0.6 is 0 Å². The minimum absolute atomic E-state index is 0.644. The second kappa shape index (κ2) is 4.71. The first-order chi connectivity index (χ1) is 8.63. The van der Waals surface area contributed by atoms with E-state index in [0.29, 0.717) is 6.04 Å². The Morgan fingerprint density at radius 2 is 2.17 bits per heavy atom. The van der Waals surface area contributed by atoms with Crippen molar-refractivity contribution in [1.82, 2.24) is 9.80 Å². The fourth-order valence-electron chi connectivity index (χ4n) is 3.40. The molecule has 100 valence electrons. The smallest absolute Gasteiger partial charge is 0.118 e. The van der Waals surface area contributed by atoms with E-state index in [1.54, 1.807) is 0 Å². The maximum Gasteiger partial charge on any atom is 0.118 e. The topological polar surface area (TPSA) is 19.6 Å². The zero-order valence-electron chi connectivity index (χ0n) is 11.8. The van der Waals surface area contributed by atoms with Crippen LogP contribution in [0.4, 0.5) is 0 Å². The summed E-state index contributed by atoms with van der Waals surface area (Å²) in [5, 5.41) is 0. The summed E-state index contributed by atoms with van der Waals surface area (Å²) in [6.45, 7) is 11.2. The van der Waals surface area contributed by atoms with E-state index in [4.69, 9.17) is 4.42 Å². The Balaban J connectivity index is 1.68. The van der Waals surface area contributed by atoms with E-state index in [0.717, 1.165) is 24.1 Å².